The Hall–Kier alpha value is -2.73. The van der Waals surface area contributed by atoms with Crippen LogP contribution in [-0.4, -0.2) is 30.2 Å². The van der Waals surface area contributed by atoms with Crippen LogP contribution >= 0.6 is 11.8 Å². The van der Waals surface area contributed by atoms with Gasteiger partial charge in [0.2, 0.25) is 6.79 Å². The molecule has 156 valence electrons. The zero-order chi connectivity index (χ0) is 21.1. The number of rotatable bonds is 4. The number of ether oxygens (including phenoxy) is 2. The van der Waals surface area contributed by atoms with Crippen molar-refractivity contribution in [1.29, 1.82) is 0 Å². The molecule has 0 spiro atoms. The summed E-state index contributed by atoms with van der Waals surface area (Å²) in [4.78, 5) is 15.3. The summed E-state index contributed by atoms with van der Waals surface area (Å²) in [6, 6.07) is 8.67. The molecule has 1 aliphatic carbocycles. The van der Waals surface area contributed by atoms with E-state index < -0.39 is 0 Å². The predicted molar refractivity (Wildman–Crippen MR) is 122 cm³/mol. The molecule has 0 radical (unpaired) electrons. The summed E-state index contributed by atoms with van der Waals surface area (Å²) in [5.74, 6) is 1.99. The van der Waals surface area contributed by atoms with E-state index in [0.717, 1.165) is 28.2 Å². The third-order valence-corrected chi connectivity index (χ3v) is 6.04. The molecular formula is C24H26N2O3S. The highest BCUT2D eigenvalue weighted by molar-refractivity contribution is 8.14. The summed E-state index contributed by atoms with van der Waals surface area (Å²) in [5.41, 5.74) is 4.90. The minimum atomic E-state index is -0.0891. The predicted octanol–water partition coefficient (Wildman–Crippen LogP) is 4.69. The summed E-state index contributed by atoms with van der Waals surface area (Å²) in [7, 11) is 0. The lowest BCUT2D eigenvalue weighted by molar-refractivity contribution is -0.115. The molecule has 0 fully saturated rings. The number of amidine groups is 1. The topological polar surface area (TPSA) is 59.9 Å². The SMILES string of the molecule is CC(C)(C)c1ccc(C=CC=C2CC3=C(C=C2CNC2=NC(=O)CS2)OCO3)cc1. The largest absolute Gasteiger partial charge is 0.458 e. The molecule has 0 aromatic heterocycles. The fourth-order valence-electron chi connectivity index (χ4n) is 3.38. The summed E-state index contributed by atoms with van der Waals surface area (Å²) in [6.45, 7) is 7.50. The fraction of sp³-hybridized carbons (Fsp3) is 0.333. The van der Waals surface area contributed by atoms with Crippen molar-refractivity contribution in [3.8, 4) is 0 Å². The number of nitrogens with one attached hydrogen (secondary N) is 1. The molecule has 2 aliphatic heterocycles. The van der Waals surface area contributed by atoms with Crippen molar-refractivity contribution in [2.75, 3.05) is 19.1 Å². The molecule has 0 saturated carbocycles. The summed E-state index contributed by atoms with van der Waals surface area (Å²) in [6.07, 6.45) is 9.00. The van der Waals surface area contributed by atoms with Gasteiger partial charge < -0.3 is 14.8 Å². The number of hydrogen-bond donors (Lipinski definition) is 1. The first-order chi connectivity index (χ1) is 14.4. The van der Waals surface area contributed by atoms with Gasteiger partial charge in [-0.15, -0.1) is 0 Å². The lowest BCUT2D eigenvalue weighted by atomic mass is 9.87. The molecule has 0 atom stereocenters. The highest BCUT2D eigenvalue weighted by Gasteiger charge is 2.25. The van der Waals surface area contributed by atoms with Crippen LogP contribution < -0.4 is 5.32 Å². The maximum absolute atomic E-state index is 11.3. The Kier molecular flexibility index (Phi) is 5.86. The number of amides is 1. The highest BCUT2D eigenvalue weighted by atomic mass is 32.2. The van der Waals surface area contributed by atoms with Crippen LogP contribution in [0.5, 0.6) is 0 Å². The van der Waals surface area contributed by atoms with Gasteiger partial charge >= 0.3 is 0 Å². The van der Waals surface area contributed by atoms with Crippen molar-refractivity contribution >= 4 is 28.9 Å². The van der Waals surface area contributed by atoms with Crippen molar-refractivity contribution in [3.05, 3.63) is 76.3 Å². The normalized spacial score (nSPS) is 20.2. The average Bonchev–Trinajstić information content (AvgIpc) is 3.34. The molecule has 5 nitrogen and oxygen atoms in total. The van der Waals surface area contributed by atoms with Crippen LogP contribution in [0.3, 0.4) is 0 Å². The van der Waals surface area contributed by atoms with Crippen molar-refractivity contribution < 1.29 is 14.3 Å². The summed E-state index contributed by atoms with van der Waals surface area (Å²) in [5, 5.41) is 3.94. The Bertz CT molecular complexity index is 992. The van der Waals surface area contributed by atoms with E-state index in [4.69, 9.17) is 9.47 Å². The van der Waals surface area contributed by atoms with E-state index in [-0.39, 0.29) is 18.1 Å². The zero-order valence-electron chi connectivity index (χ0n) is 17.5. The third-order valence-electron chi connectivity index (χ3n) is 5.14. The van der Waals surface area contributed by atoms with E-state index in [1.165, 1.54) is 17.3 Å². The Morgan fingerprint density at radius 1 is 1.20 bits per heavy atom. The summed E-state index contributed by atoms with van der Waals surface area (Å²) >= 11 is 1.44. The quantitative estimate of drug-likeness (QED) is 0.763. The maximum atomic E-state index is 11.3. The van der Waals surface area contributed by atoms with Gasteiger partial charge in [-0.2, -0.15) is 4.99 Å². The Morgan fingerprint density at radius 3 is 2.70 bits per heavy atom. The molecule has 0 saturated heterocycles. The lowest BCUT2D eigenvalue weighted by Crippen LogP contribution is -2.23. The smallest absolute Gasteiger partial charge is 0.258 e. The number of carbonyl (C=O) groups excluding carboxylic acids is 1. The zero-order valence-corrected chi connectivity index (χ0v) is 18.3. The second kappa shape index (κ2) is 8.56. The Balaban J connectivity index is 1.48. The van der Waals surface area contributed by atoms with Crippen LogP contribution in [-0.2, 0) is 19.7 Å². The van der Waals surface area contributed by atoms with Crippen molar-refractivity contribution in [3.63, 3.8) is 0 Å². The number of benzene rings is 1. The van der Waals surface area contributed by atoms with Crippen LogP contribution in [0.2, 0.25) is 0 Å². The molecule has 0 unspecified atom stereocenters. The van der Waals surface area contributed by atoms with E-state index in [9.17, 15) is 4.79 Å². The lowest BCUT2D eigenvalue weighted by Gasteiger charge is -2.18. The van der Waals surface area contributed by atoms with Gasteiger partial charge in [-0.1, -0.05) is 75.0 Å². The second-order valence-corrected chi connectivity index (χ2v) is 9.38. The monoisotopic (exact) mass is 422 g/mol. The van der Waals surface area contributed by atoms with Crippen LogP contribution in [0.1, 0.15) is 38.3 Å². The molecule has 1 aromatic rings. The number of nitrogens with zero attached hydrogens (tertiary/aromatic N) is 1. The first kappa shape index (κ1) is 20.5. The van der Waals surface area contributed by atoms with Gasteiger partial charge in [-0.3, -0.25) is 4.79 Å². The van der Waals surface area contributed by atoms with E-state index in [1.807, 2.05) is 6.08 Å². The minimum absolute atomic E-state index is 0.0891. The van der Waals surface area contributed by atoms with Gasteiger partial charge in [0.1, 0.15) is 5.76 Å². The standard InChI is InChI=1S/C24H26N2O3S/c1-24(2,3)19-9-7-16(8-10-19)5-4-6-17-11-20-21(29-15-28-20)12-18(17)13-25-23-26-22(27)14-30-23/h4-10,12H,11,13-15H2,1-3H3,(H,25,26,27). The molecule has 4 rings (SSSR count). The molecule has 1 aromatic carbocycles. The van der Waals surface area contributed by atoms with Gasteiger partial charge in [-0.05, 0) is 33.8 Å². The third kappa shape index (κ3) is 4.87. The fourth-order valence-corrected chi connectivity index (χ4v) is 4.05. The number of allylic oxidation sites excluding steroid dienone is 4. The van der Waals surface area contributed by atoms with E-state index >= 15 is 0 Å². The Labute approximate surface area is 181 Å². The minimum Gasteiger partial charge on any atom is -0.458 e. The maximum Gasteiger partial charge on any atom is 0.258 e. The molecule has 6 heteroatoms. The van der Waals surface area contributed by atoms with Crippen LogP contribution in [0.15, 0.2) is 70.2 Å². The molecule has 1 amide bonds. The highest BCUT2D eigenvalue weighted by Crippen LogP contribution is 2.33. The van der Waals surface area contributed by atoms with E-state index in [2.05, 4.69) is 73.6 Å². The molecular weight excluding hydrogens is 396 g/mol. The molecule has 2 heterocycles. The van der Waals surface area contributed by atoms with Gasteiger partial charge in [0.25, 0.3) is 5.91 Å². The average molecular weight is 423 g/mol. The van der Waals surface area contributed by atoms with Crippen LogP contribution in [0.25, 0.3) is 6.08 Å². The van der Waals surface area contributed by atoms with Gasteiger partial charge in [0.15, 0.2) is 10.9 Å². The van der Waals surface area contributed by atoms with Crippen molar-refractivity contribution in [2.24, 2.45) is 4.99 Å². The first-order valence-corrected chi connectivity index (χ1v) is 11.0. The molecule has 1 N–H and O–H groups in total. The van der Waals surface area contributed by atoms with Gasteiger partial charge in [-0.25, -0.2) is 0 Å². The molecule has 3 aliphatic rings. The van der Waals surface area contributed by atoms with Crippen LogP contribution in [0, 0.1) is 0 Å². The first-order valence-electron chi connectivity index (χ1n) is 10.0. The number of carbonyl (C=O) groups is 1. The molecule has 0 bridgehead atoms. The number of aliphatic imine (C=N–C) groups is 1. The van der Waals surface area contributed by atoms with Gasteiger partial charge in [0.05, 0.1) is 5.75 Å². The van der Waals surface area contributed by atoms with Crippen molar-refractivity contribution in [2.45, 2.75) is 32.6 Å². The summed E-state index contributed by atoms with van der Waals surface area (Å²) < 4.78 is 11.1. The van der Waals surface area contributed by atoms with E-state index in [1.54, 1.807) is 0 Å². The van der Waals surface area contributed by atoms with Gasteiger partial charge in [0, 0.05) is 13.0 Å². The number of thioether (sulfide) groups is 1. The van der Waals surface area contributed by atoms with Crippen LogP contribution in [0.4, 0.5) is 0 Å². The van der Waals surface area contributed by atoms with Crippen molar-refractivity contribution in [1.82, 2.24) is 5.32 Å². The number of hydrogen-bond acceptors (Lipinski definition) is 5. The Morgan fingerprint density at radius 2 is 2.00 bits per heavy atom. The second-order valence-electron chi connectivity index (χ2n) is 8.42. The van der Waals surface area contributed by atoms with E-state index in [0.29, 0.717) is 23.9 Å². The molecule has 30 heavy (non-hydrogen) atoms.